The van der Waals surface area contributed by atoms with Gasteiger partial charge in [0.25, 0.3) is 0 Å². The van der Waals surface area contributed by atoms with Crippen molar-refractivity contribution < 1.29 is 9.90 Å². The van der Waals surface area contributed by atoms with E-state index in [-0.39, 0.29) is 5.91 Å². The Balaban J connectivity index is 2.32. The Kier molecular flexibility index (Phi) is 3.86. The SMILES string of the molecule is CNC(=O)CN(C)CC1(O)CCNC1. The number of nitrogens with one attached hydrogen (secondary N) is 2. The number of carbonyl (C=O) groups is 1. The molecule has 1 aliphatic rings. The van der Waals surface area contributed by atoms with Crippen molar-refractivity contribution in [3.05, 3.63) is 0 Å². The van der Waals surface area contributed by atoms with Gasteiger partial charge < -0.3 is 15.7 Å². The normalized spacial score (nSPS) is 26.9. The molecule has 14 heavy (non-hydrogen) atoms. The highest BCUT2D eigenvalue weighted by molar-refractivity contribution is 5.77. The largest absolute Gasteiger partial charge is 0.387 e. The number of hydrogen-bond acceptors (Lipinski definition) is 4. The zero-order chi connectivity index (χ0) is 10.6. The Labute approximate surface area is 84.5 Å². The van der Waals surface area contributed by atoms with E-state index in [0.29, 0.717) is 19.6 Å². The monoisotopic (exact) mass is 201 g/mol. The summed E-state index contributed by atoms with van der Waals surface area (Å²) in [5.41, 5.74) is -0.664. The lowest BCUT2D eigenvalue weighted by Crippen LogP contribution is -2.45. The van der Waals surface area contributed by atoms with Crippen LogP contribution < -0.4 is 10.6 Å². The molecule has 0 saturated carbocycles. The lowest BCUT2D eigenvalue weighted by atomic mass is 10.0. The highest BCUT2D eigenvalue weighted by atomic mass is 16.3. The molecule has 1 atom stereocenters. The summed E-state index contributed by atoms with van der Waals surface area (Å²) >= 11 is 0. The fraction of sp³-hybridized carbons (Fsp3) is 0.889. The van der Waals surface area contributed by atoms with E-state index in [0.717, 1.165) is 13.0 Å². The molecule has 3 N–H and O–H groups in total. The van der Waals surface area contributed by atoms with Crippen LogP contribution in [0.3, 0.4) is 0 Å². The first kappa shape index (κ1) is 11.4. The van der Waals surface area contributed by atoms with Gasteiger partial charge in [0.15, 0.2) is 0 Å². The van der Waals surface area contributed by atoms with E-state index in [9.17, 15) is 9.90 Å². The molecule has 82 valence electrons. The summed E-state index contributed by atoms with van der Waals surface area (Å²) in [7, 11) is 3.45. The first-order valence-electron chi connectivity index (χ1n) is 4.88. The minimum absolute atomic E-state index is 0.0259. The van der Waals surface area contributed by atoms with Gasteiger partial charge in [0.2, 0.25) is 5.91 Å². The number of hydrogen-bond donors (Lipinski definition) is 3. The lowest BCUT2D eigenvalue weighted by molar-refractivity contribution is -0.122. The number of nitrogens with zero attached hydrogens (tertiary/aromatic N) is 1. The molecule has 1 saturated heterocycles. The third-order valence-electron chi connectivity index (χ3n) is 2.48. The fourth-order valence-electron chi connectivity index (χ4n) is 1.75. The van der Waals surface area contributed by atoms with Crippen molar-refractivity contribution in [1.82, 2.24) is 15.5 Å². The van der Waals surface area contributed by atoms with Gasteiger partial charge in [-0.25, -0.2) is 0 Å². The second-order valence-corrected chi connectivity index (χ2v) is 4.00. The highest BCUT2D eigenvalue weighted by Crippen LogP contribution is 2.14. The van der Waals surface area contributed by atoms with Gasteiger partial charge in [0, 0.05) is 20.1 Å². The van der Waals surface area contributed by atoms with Crippen molar-refractivity contribution in [2.75, 3.05) is 40.3 Å². The Morgan fingerprint density at radius 3 is 2.93 bits per heavy atom. The van der Waals surface area contributed by atoms with Crippen molar-refractivity contribution in [3.8, 4) is 0 Å². The molecular weight excluding hydrogens is 182 g/mol. The van der Waals surface area contributed by atoms with Crippen LogP contribution in [-0.4, -0.2) is 61.8 Å². The van der Waals surface area contributed by atoms with Crippen LogP contribution in [0, 0.1) is 0 Å². The average Bonchev–Trinajstić information content (AvgIpc) is 2.51. The van der Waals surface area contributed by atoms with Gasteiger partial charge in [-0.15, -0.1) is 0 Å². The second-order valence-electron chi connectivity index (χ2n) is 4.00. The van der Waals surface area contributed by atoms with E-state index >= 15 is 0 Å². The molecule has 0 aliphatic carbocycles. The number of carbonyl (C=O) groups excluding carboxylic acids is 1. The van der Waals surface area contributed by atoms with E-state index in [2.05, 4.69) is 10.6 Å². The minimum atomic E-state index is -0.664. The fourth-order valence-corrected chi connectivity index (χ4v) is 1.75. The summed E-state index contributed by atoms with van der Waals surface area (Å²) < 4.78 is 0. The number of rotatable bonds is 4. The second kappa shape index (κ2) is 4.72. The van der Waals surface area contributed by atoms with Crippen molar-refractivity contribution in [3.63, 3.8) is 0 Å². The molecular formula is C9H19N3O2. The summed E-state index contributed by atoms with van der Waals surface area (Å²) in [6, 6.07) is 0. The number of likely N-dealkylation sites (N-methyl/N-ethyl adjacent to an activating group) is 2. The maximum Gasteiger partial charge on any atom is 0.233 e. The zero-order valence-corrected chi connectivity index (χ0v) is 8.84. The van der Waals surface area contributed by atoms with Crippen LogP contribution in [-0.2, 0) is 4.79 Å². The Hall–Kier alpha value is -0.650. The topological polar surface area (TPSA) is 64.6 Å². The van der Waals surface area contributed by atoms with E-state index < -0.39 is 5.60 Å². The zero-order valence-electron chi connectivity index (χ0n) is 8.84. The van der Waals surface area contributed by atoms with Crippen molar-refractivity contribution in [2.45, 2.75) is 12.0 Å². The van der Waals surface area contributed by atoms with Crippen LogP contribution in [0.5, 0.6) is 0 Å². The Bertz CT molecular complexity index is 202. The summed E-state index contributed by atoms with van der Waals surface area (Å²) in [6.07, 6.45) is 0.755. The van der Waals surface area contributed by atoms with E-state index in [1.165, 1.54) is 0 Å². The maximum atomic E-state index is 11.1. The van der Waals surface area contributed by atoms with Crippen LogP contribution in [0.25, 0.3) is 0 Å². The molecule has 1 heterocycles. The van der Waals surface area contributed by atoms with Gasteiger partial charge in [-0.1, -0.05) is 0 Å². The molecule has 0 spiro atoms. The van der Waals surface area contributed by atoms with Crippen molar-refractivity contribution in [2.24, 2.45) is 0 Å². The third kappa shape index (κ3) is 3.25. The summed E-state index contributed by atoms with van der Waals surface area (Å²) in [5, 5.41) is 15.7. The van der Waals surface area contributed by atoms with Gasteiger partial charge >= 0.3 is 0 Å². The first-order valence-corrected chi connectivity index (χ1v) is 4.88. The van der Waals surface area contributed by atoms with E-state index in [1.807, 2.05) is 11.9 Å². The van der Waals surface area contributed by atoms with Crippen LogP contribution in [0.2, 0.25) is 0 Å². The number of aliphatic hydroxyl groups is 1. The molecule has 5 nitrogen and oxygen atoms in total. The first-order chi connectivity index (χ1) is 6.56. The lowest BCUT2D eigenvalue weighted by Gasteiger charge is -2.27. The van der Waals surface area contributed by atoms with Crippen molar-refractivity contribution in [1.29, 1.82) is 0 Å². The molecule has 0 radical (unpaired) electrons. The molecule has 0 aromatic carbocycles. The van der Waals surface area contributed by atoms with E-state index in [4.69, 9.17) is 0 Å². The van der Waals surface area contributed by atoms with Crippen LogP contribution in [0.1, 0.15) is 6.42 Å². The molecule has 1 rings (SSSR count). The van der Waals surface area contributed by atoms with Crippen LogP contribution in [0.15, 0.2) is 0 Å². The van der Waals surface area contributed by atoms with Gasteiger partial charge in [-0.05, 0) is 20.0 Å². The van der Waals surface area contributed by atoms with Gasteiger partial charge in [-0.2, -0.15) is 0 Å². The molecule has 1 aliphatic heterocycles. The van der Waals surface area contributed by atoms with Crippen molar-refractivity contribution >= 4 is 5.91 Å². The molecule has 0 bridgehead atoms. The number of amides is 1. The summed E-state index contributed by atoms with van der Waals surface area (Å²) in [6.45, 7) is 2.33. The number of β-amino-alcohol motifs (C(OH)–C–C–N with tert-alkyl or cyclic N) is 1. The molecule has 1 fully saturated rings. The maximum absolute atomic E-state index is 11.1. The highest BCUT2D eigenvalue weighted by Gasteiger charge is 2.32. The minimum Gasteiger partial charge on any atom is -0.387 e. The third-order valence-corrected chi connectivity index (χ3v) is 2.48. The average molecular weight is 201 g/mol. The van der Waals surface area contributed by atoms with Gasteiger partial charge in [0.05, 0.1) is 12.1 Å². The molecule has 1 unspecified atom stereocenters. The van der Waals surface area contributed by atoms with Crippen LogP contribution in [0.4, 0.5) is 0 Å². The predicted octanol–water partition coefficient (Wildman–Crippen LogP) is -1.61. The summed E-state index contributed by atoms with van der Waals surface area (Å²) in [5.74, 6) is -0.0259. The predicted molar refractivity (Wildman–Crippen MR) is 54.0 cm³/mol. The molecule has 5 heteroatoms. The molecule has 0 aromatic heterocycles. The smallest absolute Gasteiger partial charge is 0.233 e. The Morgan fingerprint density at radius 2 is 2.43 bits per heavy atom. The quantitative estimate of drug-likeness (QED) is 0.512. The molecule has 0 aromatic rings. The van der Waals surface area contributed by atoms with Gasteiger partial charge in [0.1, 0.15) is 0 Å². The molecule has 1 amide bonds. The summed E-state index contributed by atoms with van der Waals surface area (Å²) in [4.78, 5) is 12.9. The Morgan fingerprint density at radius 1 is 1.71 bits per heavy atom. The standard InChI is InChI=1S/C9H19N3O2/c1-10-8(13)5-12(2)7-9(14)3-4-11-6-9/h11,14H,3-7H2,1-2H3,(H,10,13). The van der Waals surface area contributed by atoms with Crippen LogP contribution >= 0.6 is 0 Å². The van der Waals surface area contributed by atoms with Gasteiger partial charge in [-0.3, -0.25) is 9.69 Å². The van der Waals surface area contributed by atoms with E-state index in [1.54, 1.807) is 7.05 Å².